The number of likely N-dealkylation sites (tertiary alicyclic amines) is 1. The van der Waals surface area contributed by atoms with Crippen LogP contribution in [0.5, 0.6) is 0 Å². The number of thiazole rings is 1. The molecule has 0 saturated carbocycles. The number of aromatic nitrogens is 1. The van der Waals surface area contributed by atoms with Crippen molar-refractivity contribution in [2.24, 2.45) is 0 Å². The number of rotatable bonds is 2. The van der Waals surface area contributed by atoms with Gasteiger partial charge in [-0.15, -0.1) is 11.3 Å². The van der Waals surface area contributed by atoms with Gasteiger partial charge in [0.05, 0.1) is 11.6 Å². The molecule has 0 spiro atoms. The van der Waals surface area contributed by atoms with Gasteiger partial charge in [-0.25, -0.2) is 4.98 Å². The third kappa shape index (κ3) is 2.58. The van der Waals surface area contributed by atoms with Crippen LogP contribution in [-0.4, -0.2) is 22.3 Å². The summed E-state index contributed by atoms with van der Waals surface area (Å²) in [6.07, 6.45) is 2.07. The molecule has 1 atom stereocenters. The molecule has 2 aromatic rings. The van der Waals surface area contributed by atoms with Crippen molar-refractivity contribution in [1.29, 1.82) is 0 Å². The number of carbonyl (C=O) groups is 1. The standard InChI is InChI=1S/C14H13BrN2OS/c15-11-4-1-3-10(7-11)13-5-2-6-17(13)14(18)12-8-19-9-16-12/h1,3-4,7-9,13H,2,5-6H2. The number of hydrogen-bond donors (Lipinski definition) is 0. The predicted molar refractivity (Wildman–Crippen MR) is 79.3 cm³/mol. The number of amides is 1. The van der Waals surface area contributed by atoms with Crippen LogP contribution in [0.3, 0.4) is 0 Å². The van der Waals surface area contributed by atoms with Gasteiger partial charge in [-0.2, -0.15) is 0 Å². The summed E-state index contributed by atoms with van der Waals surface area (Å²) in [5.41, 5.74) is 3.46. The molecule has 0 bridgehead atoms. The van der Waals surface area contributed by atoms with Crippen molar-refractivity contribution in [3.05, 3.63) is 50.9 Å². The van der Waals surface area contributed by atoms with Gasteiger partial charge in [0.25, 0.3) is 5.91 Å². The average Bonchev–Trinajstić information content (AvgIpc) is 3.09. The lowest BCUT2D eigenvalue weighted by Crippen LogP contribution is -2.30. The number of halogens is 1. The van der Waals surface area contributed by atoms with E-state index < -0.39 is 0 Å². The van der Waals surface area contributed by atoms with Crippen molar-refractivity contribution in [3.63, 3.8) is 0 Å². The number of nitrogens with zero attached hydrogens (tertiary/aromatic N) is 2. The maximum atomic E-state index is 12.4. The second-order valence-electron chi connectivity index (χ2n) is 4.59. The molecule has 1 aliphatic rings. The second kappa shape index (κ2) is 5.43. The predicted octanol–water partition coefficient (Wildman–Crippen LogP) is 3.88. The van der Waals surface area contributed by atoms with Crippen molar-refractivity contribution in [1.82, 2.24) is 9.88 Å². The maximum absolute atomic E-state index is 12.4. The first-order valence-corrected chi connectivity index (χ1v) is 7.94. The largest absolute Gasteiger partial charge is 0.330 e. The van der Waals surface area contributed by atoms with E-state index in [1.807, 2.05) is 22.4 Å². The van der Waals surface area contributed by atoms with E-state index in [9.17, 15) is 4.79 Å². The minimum absolute atomic E-state index is 0.0451. The monoisotopic (exact) mass is 336 g/mol. The van der Waals surface area contributed by atoms with Crippen molar-refractivity contribution in [2.75, 3.05) is 6.54 Å². The van der Waals surface area contributed by atoms with Crippen LogP contribution < -0.4 is 0 Å². The molecule has 1 saturated heterocycles. The summed E-state index contributed by atoms with van der Waals surface area (Å²) >= 11 is 4.95. The Kier molecular flexibility index (Phi) is 3.66. The van der Waals surface area contributed by atoms with Crippen LogP contribution in [0.4, 0.5) is 0 Å². The van der Waals surface area contributed by atoms with Crippen molar-refractivity contribution >= 4 is 33.2 Å². The Labute approximate surface area is 124 Å². The zero-order valence-corrected chi connectivity index (χ0v) is 12.7. The van der Waals surface area contributed by atoms with Gasteiger partial charge < -0.3 is 4.90 Å². The molecule has 0 N–H and O–H groups in total. The van der Waals surface area contributed by atoms with E-state index in [2.05, 4.69) is 33.0 Å². The molecule has 1 aliphatic heterocycles. The normalized spacial score (nSPS) is 18.8. The van der Waals surface area contributed by atoms with Crippen LogP contribution in [0.2, 0.25) is 0 Å². The summed E-state index contributed by atoms with van der Waals surface area (Å²) < 4.78 is 1.05. The Hall–Kier alpha value is -1.20. The molecule has 0 radical (unpaired) electrons. The first-order valence-electron chi connectivity index (χ1n) is 6.20. The smallest absolute Gasteiger partial charge is 0.273 e. The lowest BCUT2D eigenvalue weighted by molar-refractivity contribution is 0.0730. The summed E-state index contributed by atoms with van der Waals surface area (Å²) in [5, 5.41) is 1.82. The Balaban J connectivity index is 1.88. The molecule has 1 aromatic heterocycles. The molecule has 3 rings (SSSR count). The van der Waals surface area contributed by atoms with Crippen molar-refractivity contribution in [2.45, 2.75) is 18.9 Å². The zero-order chi connectivity index (χ0) is 13.2. The van der Waals surface area contributed by atoms with Crippen LogP contribution in [0.1, 0.15) is 34.9 Å². The summed E-state index contributed by atoms with van der Waals surface area (Å²) in [4.78, 5) is 18.5. The number of benzene rings is 1. The number of carbonyl (C=O) groups excluding carboxylic acids is 1. The third-order valence-electron chi connectivity index (χ3n) is 3.40. The first kappa shape index (κ1) is 12.8. The van der Waals surface area contributed by atoms with Crippen LogP contribution in [0.15, 0.2) is 39.6 Å². The van der Waals surface area contributed by atoms with Gasteiger partial charge >= 0.3 is 0 Å². The van der Waals surface area contributed by atoms with Gasteiger partial charge in [0.15, 0.2) is 0 Å². The van der Waals surface area contributed by atoms with Crippen LogP contribution in [0, 0.1) is 0 Å². The fourth-order valence-electron chi connectivity index (χ4n) is 2.54. The van der Waals surface area contributed by atoms with E-state index in [-0.39, 0.29) is 11.9 Å². The van der Waals surface area contributed by atoms with Crippen molar-refractivity contribution in [3.8, 4) is 0 Å². The summed E-state index contributed by atoms with van der Waals surface area (Å²) in [7, 11) is 0. The molecule has 3 nitrogen and oxygen atoms in total. The maximum Gasteiger partial charge on any atom is 0.273 e. The molecule has 1 unspecified atom stereocenters. The van der Waals surface area contributed by atoms with Crippen molar-refractivity contribution < 1.29 is 4.79 Å². The highest BCUT2D eigenvalue weighted by molar-refractivity contribution is 9.10. The molecule has 1 aromatic carbocycles. The third-order valence-corrected chi connectivity index (χ3v) is 4.48. The molecule has 2 heterocycles. The molecular weight excluding hydrogens is 324 g/mol. The molecule has 5 heteroatoms. The molecule has 1 fully saturated rings. The van der Waals surface area contributed by atoms with E-state index in [4.69, 9.17) is 0 Å². The Morgan fingerprint density at radius 1 is 1.47 bits per heavy atom. The molecule has 98 valence electrons. The van der Waals surface area contributed by atoms with Gasteiger partial charge in [-0.1, -0.05) is 28.1 Å². The summed E-state index contributed by atoms with van der Waals surface area (Å²) in [6.45, 7) is 0.813. The summed E-state index contributed by atoms with van der Waals surface area (Å²) in [6, 6.07) is 8.37. The molecular formula is C14H13BrN2OS. The first-order chi connectivity index (χ1) is 9.25. The van der Waals surface area contributed by atoms with E-state index in [0.29, 0.717) is 5.69 Å². The Morgan fingerprint density at radius 3 is 3.11 bits per heavy atom. The fourth-order valence-corrected chi connectivity index (χ4v) is 3.48. The van der Waals surface area contributed by atoms with Crippen LogP contribution in [0.25, 0.3) is 0 Å². The minimum Gasteiger partial charge on any atom is -0.330 e. The van der Waals surface area contributed by atoms with E-state index >= 15 is 0 Å². The Bertz CT molecular complexity index is 585. The average molecular weight is 337 g/mol. The fraction of sp³-hybridized carbons (Fsp3) is 0.286. The topological polar surface area (TPSA) is 33.2 Å². The van der Waals surface area contributed by atoms with E-state index in [1.165, 1.54) is 16.9 Å². The SMILES string of the molecule is O=C(c1cscn1)N1CCCC1c1cccc(Br)c1. The minimum atomic E-state index is 0.0451. The zero-order valence-electron chi connectivity index (χ0n) is 10.3. The van der Waals surface area contributed by atoms with Crippen LogP contribution >= 0.6 is 27.3 Å². The lowest BCUT2D eigenvalue weighted by atomic mass is 10.0. The Morgan fingerprint density at radius 2 is 2.37 bits per heavy atom. The van der Waals surface area contributed by atoms with Gasteiger partial charge in [-0.3, -0.25) is 4.79 Å². The molecule has 0 aliphatic carbocycles. The van der Waals surface area contributed by atoms with Gasteiger partial charge in [0.2, 0.25) is 0 Å². The number of hydrogen-bond acceptors (Lipinski definition) is 3. The summed E-state index contributed by atoms with van der Waals surface area (Å²) in [5.74, 6) is 0.0451. The quantitative estimate of drug-likeness (QED) is 0.833. The molecule has 19 heavy (non-hydrogen) atoms. The van der Waals surface area contributed by atoms with Gasteiger partial charge in [0, 0.05) is 16.4 Å². The highest BCUT2D eigenvalue weighted by atomic mass is 79.9. The highest BCUT2D eigenvalue weighted by Crippen LogP contribution is 2.34. The van der Waals surface area contributed by atoms with E-state index in [0.717, 1.165) is 23.9 Å². The van der Waals surface area contributed by atoms with E-state index in [1.54, 1.807) is 5.51 Å². The van der Waals surface area contributed by atoms with Gasteiger partial charge in [0.1, 0.15) is 5.69 Å². The molecule has 1 amide bonds. The van der Waals surface area contributed by atoms with Gasteiger partial charge in [-0.05, 0) is 30.5 Å². The lowest BCUT2D eigenvalue weighted by Gasteiger charge is -2.24. The van der Waals surface area contributed by atoms with Crippen LogP contribution in [-0.2, 0) is 0 Å². The second-order valence-corrected chi connectivity index (χ2v) is 6.22. The highest BCUT2D eigenvalue weighted by Gasteiger charge is 2.31.